The number of carbonyl (C=O) groups excluding carboxylic acids is 1. The number of hydrogen-bond donors (Lipinski definition) is 0. The van der Waals surface area contributed by atoms with Crippen molar-refractivity contribution in [1.29, 1.82) is 5.26 Å². The van der Waals surface area contributed by atoms with E-state index in [0.717, 1.165) is 16.9 Å². The normalized spacial score (nSPS) is 18.5. The van der Waals surface area contributed by atoms with Crippen LogP contribution in [0.25, 0.3) is 11.1 Å². The van der Waals surface area contributed by atoms with Gasteiger partial charge in [-0.05, 0) is 31.0 Å². The van der Waals surface area contributed by atoms with Gasteiger partial charge in [0.1, 0.15) is 17.9 Å². The van der Waals surface area contributed by atoms with Crippen LogP contribution in [0, 0.1) is 11.3 Å². The average Bonchev–Trinajstić information content (AvgIpc) is 2.99. The highest BCUT2D eigenvalue weighted by Crippen LogP contribution is 2.42. The minimum atomic E-state index is -0.911. The van der Waals surface area contributed by atoms with E-state index in [1.54, 1.807) is 6.92 Å². The van der Waals surface area contributed by atoms with E-state index in [9.17, 15) is 14.4 Å². The highest BCUT2D eigenvalue weighted by atomic mass is 19.1. The third-order valence-electron chi connectivity index (χ3n) is 4.99. The first-order valence-electron chi connectivity index (χ1n) is 9.54. The maximum absolute atomic E-state index is 14.6. The molecular weight excluding hydrogens is 371 g/mol. The average molecular weight is 394 g/mol. The van der Waals surface area contributed by atoms with E-state index in [2.05, 4.69) is 0 Å². The summed E-state index contributed by atoms with van der Waals surface area (Å²) in [6.07, 6.45) is 0. The fourth-order valence-electron chi connectivity index (χ4n) is 3.66. The zero-order chi connectivity index (χ0) is 21.0. The molecule has 150 valence electrons. The highest BCUT2D eigenvalue weighted by Gasteiger charge is 2.45. The molecule has 5 nitrogen and oxygen atoms in total. The van der Waals surface area contributed by atoms with Crippen LogP contribution in [0.15, 0.2) is 60.1 Å². The number of hydrogen-bond acceptors (Lipinski definition) is 5. The molecule has 0 N–H and O–H groups in total. The van der Waals surface area contributed by atoms with Crippen LogP contribution in [0.1, 0.15) is 25.3 Å². The van der Waals surface area contributed by atoms with Crippen LogP contribution in [0.5, 0.6) is 5.75 Å². The molecule has 2 aromatic rings. The van der Waals surface area contributed by atoms with Crippen LogP contribution in [0.3, 0.4) is 0 Å². The molecule has 0 bridgehead atoms. The minimum absolute atomic E-state index is 0.0620. The van der Waals surface area contributed by atoms with Gasteiger partial charge >= 0.3 is 5.97 Å². The van der Waals surface area contributed by atoms with Gasteiger partial charge in [-0.2, -0.15) is 9.65 Å². The maximum Gasteiger partial charge on any atom is 0.329 e. The maximum atomic E-state index is 14.6. The smallest absolute Gasteiger partial charge is 0.329 e. The quantitative estimate of drug-likeness (QED) is 0.536. The Hall–Kier alpha value is -3.33. The summed E-state index contributed by atoms with van der Waals surface area (Å²) in [5.41, 5.74) is 2.48. The standard InChI is InChI=1S/C23H23FN2O3/c1-4-28-19-9-7-6-8-17(19)15-10-12-16(13-11-15)20-18(14-25)22(24)26(3)21(20)23(27)29-5-2/h6-13,20-21H,4-5H2,1-3H3. The molecule has 0 saturated heterocycles. The molecule has 2 unspecified atom stereocenters. The van der Waals surface area contributed by atoms with Crippen molar-refractivity contribution in [2.45, 2.75) is 25.8 Å². The van der Waals surface area contributed by atoms with Crippen molar-refractivity contribution in [3.63, 3.8) is 0 Å². The van der Waals surface area contributed by atoms with Crippen LogP contribution < -0.4 is 4.74 Å². The summed E-state index contributed by atoms with van der Waals surface area (Å²) in [4.78, 5) is 13.6. The van der Waals surface area contributed by atoms with Gasteiger partial charge in [0.15, 0.2) is 0 Å². The minimum Gasteiger partial charge on any atom is -0.493 e. The van der Waals surface area contributed by atoms with Crippen LogP contribution in [-0.2, 0) is 9.53 Å². The monoisotopic (exact) mass is 394 g/mol. The first-order valence-corrected chi connectivity index (χ1v) is 9.54. The number of likely N-dealkylation sites (N-methyl/N-ethyl adjacent to an activating group) is 1. The summed E-state index contributed by atoms with van der Waals surface area (Å²) in [5.74, 6) is -1.19. The zero-order valence-electron chi connectivity index (χ0n) is 16.7. The molecule has 0 aromatic heterocycles. The summed E-state index contributed by atoms with van der Waals surface area (Å²) < 4.78 is 25.4. The lowest BCUT2D eigenvalue weighted by Crippen LogP contribution is -2.38. The van der Waals surface area contributed by atoms with Crippen molar-refractivity contribution >= 4 is 5.97 Å². The molecule has 1 heterocycles. The van der Waals surface area contributed by atoms with Gasteiger partial charge < -0.3 is 14.4 Å². The molecule has 0 amide bonds. The first-order chi connectivity index (χ1) is 14.0. The van der Waals surface area contributed by atoms with Crippen molar-refractivity contribution in [3.8, 4) is 22.9 Å². The van der Waals surface area contributed by atoms with Crippen molar-refractivity contribution in [3.05, 3.63) is 65.6 Å². The molecule has 1 aliphatic heterocycles. The van der Waals surface area contributed by atoms with Gasteiger partial charge in [0.05, 0.1) is 24.7 Å². The van der Waals surface area contributed by atoms with Gasteiger partial charge in [-0.3, -0.25) is 0 Å². The molecule has 0 aliphatic carbocycles. The molecule has 3 rings (SSSR count). The van der Waals surface area contributed by atoms with E-state index in [0.29, 0.717) is 12.2 Å². The number of rotatable bonds is 6. The Morgan fingerprint density at radius 1 is 1.14 bits per heavy atom. The van der Waals surface area contributed by atoms with Crippen molar-refractivity contribution in [2.75, 3.05) is 20.3 Å². The molecule has 0 saturated carbocycles. The molecule has 29 heavy (non-hydrogen) atoms. The molecule has 0 fully saturated rings. The molecular formula is C23H23FN2O3. The van der Waals surface area contributed by atoms with Gasteiger partial charge in [0.2, 0.25) is 5.95 Å². The van der Waals surface area contributed by atoms with Crippen LogP contribution in [0.2, 0.25) is 0 Å². The number of halogens is 1. The summed E-state index contributed by atoms with van der Waals surface area (Å²) in [7, 11) is 1.46. The second-order valence-corrected chi connectivity index (χ2v) is 6.65. The topological polar surface area (TPSA) is 62.6 Å². The van der Waals surface area contributed by atoms with Gasteiger partial charge in [-0.1, -0.05) is 42.5 Å². The zero-order valence-corrected chi connectivity index (χ0v) is 16.7. The second-order valence-electron chi connectivity index (χ2n) is 6.65. The van der Waals surface area contributed by atoms with E-state index in [1.807, 2.05) is 61.5 Å². The van der Waals surface area contributed by atoms with Crippen LogP contribution >= 0.6 is 0 Å². The van der Waals surface area contributed by atoms with Gasteiger partial charge in [-0.25, -0.2) is 4.79 Å². The number of para-hydroxylation sites is 1. The Labute approximate surface area is 170 Å². The summed E-state index contributed by atoms with van der Waals surface area (Å²) in [6, 6.07) is 16.1. The summed E-state index contributed by atoms with van der Waals surface area (Å²) in [5, 5.41) is 9.50. The summed E-state index contributed by atoms with van der Waals surface area (Å²) >= 11 is 0. The Balaban J connectivity index is 1.99. The Morgan fingerprint density at radius 2 is 1.83 bits per heavy atom. The van der Waals surface area contributed by atoms with E-state index < -0.39 is 23.9 Å². The van der Waals surface area contributed by atoms with Crippen LogP contribution in [0.4, 0.5) is 4.39 Å². The van der Waals surface area contributed by atoms with Crippen molar-refractivity contribution < 1.29 is 18.7 Å². The number of carbonyl (C=O) groups is 1. The lowest BCUT2D eigenvalue weighted by molar-refractivity contribution is -0.148. The third kappa shape index (κ3) is 3.81. The first kappa shape index (κ1) is 20.4. The SMILES string of the molecule is CCOC(=O)C1C(c2ccc(-c3ccccc3OCC)cc2)C(C#N)=C(F)N1C. The predicted octanol–water partition coefficient (Wildman–Crippen LogP) is 4.42. The van der Waals surface area contributed by atoms with E-state index in [-0.39, 0.29) is 12.2 Å². The molecule has 2 atom stereocenters. The number of ether oxygens (including phenoxy) is 2. The van der Waals surface area contributed by atoms with E-state index in [1.165, 1.54) is 11.9 Å². The second kappa shape index (κ2) is 8.78. The van der Waals surface area contributed by atoms with Crippen LogP contribution in [-0.4, -0.2) is 37.2 Å². The van der Waals surface area contributed by atoms with Gasteiger partial charge in [-0.15, -0.1) is 0 Å². The number of benzene rings is 2. The predicted molar refractivity (Wildman–Crippen MR) is 108 cm³/mol. The molecule has 0 spiro atoms. The number of nitriles is 1. The molecule has 0 radical (unpaired) electrons. The molecule has 2 aromatic carbocycles. The fraction of sp³-hybridized carbons (Fsp3) is 0.304. The number of nitrogens with zero attached hydrogens (tertiary/aromatic N) is 2. The Kier molecular flexibility index (Phi) is 6.18. The third-order valence-corrected chi connectivity index (χ3v) is 4.99. The summed E-state index contributed by atoms with van der Waals surface area (Å²) in [6.45, 7) is 4.37. The Bertz CT molecular complexity index is 963. The van der Waals surface area contributed by atoms with Gasteiger partial charge in [0, 0.05) is 12.6 Å². The van der Waals surface area contributed by atoms with E-state index in [4.69, 9.17) is 9.47 Å². The lowest BCUT2D eigenvalue weighted by Gasteiger charge is -2.25. The van der Waals surface area contributed by atoms with Crippen molar-refractivity contribution in [2.24, 2.45) is 0 Å². The van der Waals surface area contributed by atoms with Gasteiger partial charge in [0.25, 0.3) is 0 Å². The lowest BCUT2D eigenvalue weighted by atomic mass is 9.87. The fourth-order valence-corrected chi connectivity index (χ4v) is 3.66. The van der Waals surface area contributed by atoms with E-state index >= 15 is 0 Å². The van der Waals surface area contributed by atoms with Crippen molar-refractivity contribution in [1.82, 2.24) is 4.90 Å². The molecule has 6 heteroatoms. The molecule has 1 aliphatic rings. The highest BCUT2D eigenvalue weighted by molar-refractivity contribution is 5.80. The number of esters is 1. The largest absolute Gasteiger partial charge is 0.493 e. The Morgan fingerprint density at radius 3 is 2.45 bits per heavy atom.